The molecule has 0 unspecified atom stereocenters. The highest BCUT2D eigenvalue weighted by atomic mass is 32.2. The smallest absolute Gasteiger partial charge is 0.416 e. The molecule has 2 aromatic carbocycles. The first kappa shape index (κ1) is 28.7. The van der Waals surface area contributed by atoms with Gasteiger partial charge in [-0.15, -0.1) is 0 Å². The molecule has 0 spiro atoms. The first-order valence-electron chi connectivity index (χ1n) is 13.5. The molecule has 4 bridgehead atoms. The van der Waals surface area contributed by atoms with Crippen LogP contribution in [-0.4, -0.2) is 46.6 Å². The van der Waals surface area contributed by atoms with E-state index in [4.69, 9.17) is 13.7 Å². The van der Waals surface area contributed by atoms with Gasteiger partial charge < -0.3 is 18.6 Å². The third kappa shape index (κ3) is 5.81. The Morgan fingerprint density at radius 1 is 0.975 bits per heavy atom. The highest BCUT2D eigenvalue weighted by Crippen LogP contribution is 2.60. The van der Waals surface area contributed by atoms with E-state index >= 15 is 0 Å². The summed E-state index contributed by atoms with van der Waals surface area (Å²) in [7, 11) is -1.71. The van der Waals surface area contributed by atoms with Gasteiger partial charge in [-0.05, 0) is 92.2 Å². The number of benzene rings is 2. The van der Waals surface area contributed by atoms with Crippen LogP contribution in [0.2, 0.25) is 0 Å². The van der Waals surface area contributed by atoms with E-state index < -0.39 is 26.8 Å². The van der Waals surface area contributed by atoms with Crippen molar-refractivity contribution >= 4 is 16.0 Å². The first-order chi connectivity index (χ1) is 18.9. The maximum atomic E-state index is 14.1. The summed E-state index contributed by atoms with van der Waals surface area (Å²) in [6.45, 7) is 0.928. The fourth-order valence-corrected chi connectivity index (χ4v) is 8.24. The lowest BCUT2D eigenvalue weighted by Gasteiger charge is -2.56. The Morgan fingerprint density at radius 2 is 1.62 bits per heavy atom. The Bertz CT molecular complexity index is 1320. The van der Waals surface area contributed by atoms with Crippen LogP contribution in [0.5, 0.6) is 11.5 Å². The number of carbonyl (C=O) groups excluding carboxylic acids is 1. The monoisotopic (exact) mass is 581 g/mol. The van der Waals surface area contributed by atoms with E-state index in [2.05, 4.69) is 0 Å². The molecule has 1 amide bonds. The van der Waals surface area contributed by atoms with Gasteiger partial charge in [-0.2, -0.15) is 21.6 Å². The van der Waals surface area contributed by atoms with Gasteiger partial charge >= 0.3 is 16.3 Å². The minimum atomic E-state index is -4.71. The van der Waals surface area contributed by atoms with Gasteiger partial charge in [-0.25, -0.2) is 0 Å². The van der Waals surface area contributed by atoms with Crippen molar-refractivity contribution < 1.29 is 40.0 Å². The molecule has 0 atom stereocenters. The number of ether oxygens (including phenoxy) is 2. The van der Waals surface area contributed by atoms with Crippen molar-refractivity contribution in [1.29, 1.82) is 0 Å². The molecule has 0 radical (unpaired) electrons. The van der Waals surface area contributed by atoms with Crippen LogP contribution in [0, 0.1) is 23.2 Å². The van der Waals surface area contributed by atoms with Crippen molar-refractivity contribution in [3.63, 3.8) is 0 Å². The summed E-state index contributed by atoms with van der Waals surface area (Å²) >= 11 is 0. The summed E-state index contributed by atoms with van der Waals surface area (Å²) in [5.74, 6) is 1.82. The zero-order valence-electron chi connectivity index (χ0n) is 22.6. The number of hydrogen-bond acceptors (Lipinski definition) is 6. The summed E-state index contributed by atoms with van der Waals surface area (Å²) in [5.41, 5.74) is -0.861. The minimum absolute atomic E-state index is 0.0927. The number of alkyl halides is 3. The van der Waals surface area contributed by atoms with Gasteiger partial charge in [-0.1, -0.05) is 12.1 Å². The SMILES string of the molecule is COCCN(Cc1ccc(OC)c(OS(=O)(=O)c2cccc(C(F)(F)F)c2)c1)C(=O)C12CC3CC(CC(C3)C1)C2. The average molecular weight is 582 g/mol. The highest BCUT2D eigenvalue weighted by molar-refractivity contribution is 7.87. The summed E-state index contributed by atoms with van der Waals surface area (Å²) in [4.78, 5) is 15.2. The molecule has 2 aromatic rings. The molecule has 4 aliphatic rings. The van der Waals surface area contributed by atoms with Crippen LogP contribution in [0.3, 0.4) is 0 Å². The second-order valence-corrected chi connectivity index (χ2v) is 13.0. The van der Waals surface area contributed by atoms with Crippen molar-refractivity contribution in [2.45, 2.75) is 56.1 Å². The number of halogens is 3. The van der Waals surface area contributed by atoms with E-state index in [9.17, 15) is 26.4 Å². The quantitative estimate of drug-likeness (QED) is 0.336. The number of nitrogens with zero attached hydrogens (tertiary/aromatic N) is 1. The minimum Gasteiger partial charge on any atom is -0.493 e. The van der Waals surface area contributed by atoms with Crippen LogP contribution in [-0.2, 0) is 32.4 Å². The van der Waals surface area contributed by atoms with Gasteiger partial charge in [0.1, 0.15) is 4.90 Å². The maximum Gasteiger partial charge on any atom is 0.416 e. The van der Waals surface area contributed by atoms with Crippen molar-refractivity contribution in [3.05, 3.63) is 53.6 Å². The van der Waals surface area contributed by atoms with Crippen LogP contribution in [0.4, 0.5) is 13.2 Å². The molecular weight excluding hydrogens is 547 g/mol. The maximum absolute atomic E-state index is 14.1. The second-order valence-electron chi connectivity index (χ2n) is 11.5. The van der Waals surface area contributed by atoms with Gasteiger partial charge in [0.2, 0.25) is 5.91 Å². The molecule has 0 aliphatic heterocycles. The van der Waals surface area contributed by atoms with E-state index in [0.717, 1.165) is 37.5 Å². The molecule has 4 fully saturated rings. The molecule has 4 saturated carbocycles. The van der Waals surface area contributed by atoms with Crippen molar-refractivity contribution in [3.8, 4) is 11.5 Å². The number of carbonyl (C=O) groups is 1. The predicted octanol–water partition coefficient (Wildman–Crippen LogP) is 5.67. The van der Waals surface area contributed by atoms with E-state index in [1.807, 2.05) is 0 Å². The lowest BCUT2D eigenvalue weighted by Crippen LogP contribution is -2.54. The second kappa shape index (κ2) is 10.9. The third-order valence-corrected chi connectivity index (χ3v) is 9.83. The van der Waals surface area contributed by atoms with Gasteiger partial charge in [0.05, 0.1) is 24.7 Å². The van der Waals surface area contributed by atoms with Gasteiger partial charge in [0.25, 0.3) is 0 Å². The third-order valence-electron chi connectivity index (χ3n) is 8.60. The standard InChI is InChI=1S/C29H34F3NO6S/c1-37-9-8-33(27(34)28-15-20-10-21(16-28)12-22(11-20)17-28)18-19-6-7-25(38-2)26(13-19)39-40(35,36)24-5-3-4-23(14-24)29(30,31)32/h3-7,13-14,20-22H,8-12,15-18H2,1-2H3. The molecule has 0 heterocycles. The summed E-state index contributed by atoms with van der Waals surface area (Å²) in [6.07, 6.45) is 1.66. The Balaban J connectivity index is 1.40. The molecule has 6 rings (SSSR count). The lowest BCUT2D eigenvalue weighted by atomic mass is 9.49. The number of hydrogen-bond donors (Lipinski definition) is 0. The molecular formula is C29H34F3NO6S. The highest BCUT2D eigenvalue weighted by Gasteiger charge is 2.55. The Kier molecular flexibility index (Phi) is 7.82. The van der Waals surface area contributed by atoms with Gasteiger partial charge in [-0.3, -0.25) is 4.79 Å². The first-order valence-corrected chi connectivity index (χ1v) is 14.9. The molecule has 0 N–H and O–H groups in total. The molecule has 4 aliphatic carbocycles. The van der Waals surface area contributed by atoms with Gasteiger partial charge in [0.15, 0.2) is 11.5 Å². The zero-order chi connectivity index (χ0) is 28.7. The predicted molar refractivity (Wildman–Crippen MR) is 140 cm³/mol. The fraction of sp³-hybridized carbons (Fsp3) is 0.552. The topological polar surface area (TPSA) is 82.1 Å². The van der Waals surface area contributed by atoms with Crippen molar-refractivity contribution in [2.24, 2.45) is 23.2 Å². The Labute approximate surface area is 232 Å². The number of rotatable bonds is 10. The fourth-order valence-electron chi connectivity index (χ4n) is 7.26. The van der Waals surface area contributed by atoms with E-state index in [1.54, 1.807) is 18.1 Å². The summed E-state index contributed by atoms with van der Waals surface area (Å²) in [6, 6.07) is 8.06. The molecule has 7 nitrogen and oxygen atoms in total. The van der Waals surface area contributed by atoms with Crippen LogP contribution in [0.1, 0.15) is 49.7 Å². The summed E-state index contributed by atoms with van der Waals surface area (Å²) < 4.78 is 81.3. The molecule has 0 aromatic heterocycles. The van der Waals surface area contributed by atoms with Crippen LogP contribution in [0.15, 0.2) is 47.4 Å². The average Bonchev–Trinajstić information content (AvgIpc) is 2.89. The molecule has 11 heteroatoms. The van der Waals surface area contributed by atoms with Crippen LogP contribution >= 0.6 is 0 Å². The van der Waals surface area contributed by atoms with Crippen molar-refractivity contribution in [1.82, 2.24) is 4.90 Å². The number of methoxy groups -OCH3 is 2. The van der Waals surface area contributed by atoms with E-state index in [0.29, 0.717) is 42.5 Å². The molecule has 218 valence electrons. The van der Waals surface area contributed by atoms with Crippen LogP contribution in [0.25, 0.3) is 0 Å². The Morgan fingerprint density at radius 3 is 2.20 bits per heavy atom. The molecule has 0 saturated heterocycles. The summed E-state index contributed by atoms with van der Waals surface area (Å²) in [5, 5.41) is 0. The Hall–Kier alpha value is -2.79. The zero-order valence-corrected chi connectivity index (χ0v) is 23.4. The van der Waals surface area contributed by atoms with Gasteiger partial charge in [0, 0.05) is 20.2 Å². The van der Waals surface area contributed by atoms with Crippen LogP contribution < -0.4 is 8.92 Å². The normalized spacial score (nSPS) is 25.6. The largest absolute Gasteiger partial charge is 0.493 e. The van der Waals surface area contributed by atoms with Crippen molar-refractivity contribution in [2.75, 3.05) is 27.4 Å². The van der Waals surface area contributed by atoms with E-state index in [1.165, 1.54) is 38.5 Å². The molecule has 40 heavy (non-hydrogen) atoms. The lowest BCUT2D eigenvalue weighted by molar-refractivity contribution is -0.159. The van der Waals surface area contributed by atoms with E-state index in [-0.39, 0.29) is 29.4 Å². The number of amides is 1.